The van der Waals surface area contributed by atoms with Crippen LogP contribution in [0.25, 0.3) is 0 Å². The zero-order chi connectivity index (χ0) is 23.4. The number of aliphatic carboxylic acids is 1. The molecule has 5 atom stereocenters. The van der Waals surface area contributed by atoms with Gasteiger partial charge in [0.05, 0.1) is 12.7 Å². The SMILES string of the molecule is COc1ccc([C@H]2C[C@@]3(C)C(CC[C@@]3(O)CCC(=O)O)C3CCC4=CC(=O)CCC4=C32)cc1. The smallest absolute Gasteiger partial charge is 0.303 e. The normalized spacial score (nSPS) is 35.4. The van der Waals surface area contributed by atoms with Crippen molar-refractivity contribution in [3.63, 3.8) is 0 Å². The molecule has 33 heavy (non-hydrogen) atoms. The largest absolute Gasteiger partial charge is 0.497 e. The van der Waals surface area contributed by atoms with Crippen LogP contribution in [0.1, 0.15) is 76.2 Å². The molecular formula is C28H34O5. The van der Waals surface area contributed by atoms with E-state index in [0.717, 1.165) is 37.9 Å². The number of carbonyl (C=O) groups is 2. The van der Waals surface area contributed by atoms with Crippen molar-refractivity contribution in [2.24, 2.45) is 17.3 Å². The molecule has 0 aliphatic heterocycles. The van der Waals surface area contributed by atoms with E-state index in [1.807, 2.05) is 18.2 Å². The van der Waals surface area contributed by atoms with E-state index in [-0.39, 0.29) is 23.5 Å². The molecule has 0 bridgehead atoms. The third kappa shape index (κ3) is 3.56. The summed E-state index contributed by atoms with van der Waals surface area (Å²) in [5.41, 5.74) is 4.00. The van der Waals surface area contributed by atoms with Crippen LogP contribution >= 0.6 is 0 Å². The fourth-order valence-electron chi connectivity index (χ4n) is 7.61. The summed E-state index contributed by atoms with van der Waals surface area (Å²) in [4.78, 5) is 23.5. The topological polar surface area (TPSA) is 83.8 Å². The summed E-state index contributed by atoms with van der Waals surface area (Å²) in [6.07, 6.45) is 7.89. The van der Waals surface area contributed by atoms with Gasteiger partial charge in [0.1, 0.15) is 5.75 Å². The first-order valence-electron chi connectivity index (χ1n) is 12.3. The zero-order valence-electron chi connectivity index (χ0n) is 19.6. The Morgan fingerprint density at radius 2 is 1.91 bits per heavy atom. The minimum absolute atomic E-state index is 0.000374. The van der Waals surface area contributed by atoms with Crippen molar-refractivity contribution in [1.29, 1.82) is 0 Å². The monoisotopic (exact) mass is 450 g/mol. The fourth-order valence-corrected chi connectivity index (χ4v) is 7.61. The average molecular weight is 451 g/mol. The second kappa shape index (κ2) is 8.12. The standard InChI is InChI=1S/C28H34O5/c1-27-16-23(17-3-7-20(33-2)8-4-17)26-21-10-6-19(29)15-18(21)5-9-22(26)24(27)11-13-28(27,32)14-12-25(30)31/h3-4,7-8,15,22-24,32H,5-6,9-14,16H2,1-2H3,(H,30,31)/t22?,23-,24?,27+,28-/m1/s1. The number of aliphatic hydroxyl groups is 1. The minimum Gasteiger partial charge on any atom is -0.497 e. The average Bonchev–Trinajstić information content (AvgIpc) is 3.07. The van der Waals surface area contributed by atoms with Gasteiger partial charge in [0.25, 0.3) is 0 Å². The lowest BCUT2D eigenvalue weighted by Gasteiger charge is -2.55. The predicted molar refractivity (Wildman–Crippen MR) is 125 cm³/mol. The van der Waals surface area contributed by atoms with Crippen molar-refractivity contribution in [2.45, 2.75) is 76.2 Å². The quantitative estimate of drug-likeness (QED) is 0.645. The van der Waals surface area contributed by atoms with Crippen LogP contribution in [0.5, 0.6) is 5.75 Å². The van der Waals surface area contributed by atoms with Crippen LogP contribution in [0.3, 0.4) is 0 Å². The molecule has 0 aromatic heterocycles. The molecule has 2 N–H and O–H groups in total. The third-order valence-electron chi connectivity index (χ3n) is 9.33. The van der Waals surface area contributed by atoms with Gasteiger partial charge in [-0.15, -0.1) is 0 Å². The molecule has 2 unspecified atom stereocenters. The third-order valence-corrected chi connectivity index (χ3v) is 9.33. The lowest BCUT2D eigenvalue weighted by atomic mass is 9.51. The maximum absolute atomic E-state index is 12.2. The highest BCUT2D eigenvalue weighted by atomic mass is 16.5. The van der Waals surface area contributed by atoms with Gasteiger partial charge < -0.3 is 14.9 Å². The van der Waals surface area contributed by atoms with E-state index in [4.69, 9.17) is 4.74 Å². The number of hydrogen-bond donors (Lipinski definition) is 2. The van der Waals surface area contributed by atoms with Gasteiger partial charge in [0.2, 0.25) is 0 Å². The predicted octanol–water partition coefficient (Wildman–Crippen LogP) is 5.19. The Balaban J connectivity index is 1.62. The molecule has 5 heteroatoms. The number of methoxy groups -OCH3 is 1. The number of carboxylic acids is 1. The first-order valence-corrected chi connectivity index (χ1v) is 12.3. The van der Waals surface area contributed by atoms with Crippen LogP contribution < -0.4 is 4.74 Å². The Morgan fingerprint density at radius 3 is 2.61 bits per heavy atom. The fraction of sp³-hybridized carbons (Fsp3) is 0.571. The molecule has 0 spiro atoms. The Morgan fingerprint density at radius 1 is 1.15 bits per heavy atom. The molecule has 4 aliphatic carbocycles. The van der Waals surface area contributed by atoms with Crippen LogP contribution in [0.2, 0.25) is 0 Å². The van der Waals surface area contributed by atoms with E-state index in [1.54, 1.807) is 7.11 Å². The van der Waals surface area contributed by atoms with E-state index in [9.17, 15) is 19.8 Å². The van der Waals surface area contributed by atoms with Gasteiger partial charge in [0.15, 0.2) is 5.78 Å². The van der Waals surface area contributed by atoms with Crippen molar-refractivity contribution >= 4 is 11.8 Å². The second-order valence-electron chi connectivity index (χ2n) is 10.7. The molecule has 0 saturated heterocycles. The first-order chi connectivity index (χ1) is 15.8. The van der Waals surface area contributed by atoms with Gasteiger partial charge >= 0.3 is 5.97 Å². The molecule has 2 saturated carbocycles. The highest BCUT2D eigenvalue weighted by Gasteiger charge is 2.62. The number of hydrogen-bond acceptors (Lipinski definition) is 4. The summed E-state index contributed by atoms with van der Waals surface area (Å²) >= 11 is 0. The molecule has 2 fully saturated rings. The van der Waals surface area contributed by atoms with Crippen LogP contribution in [0.15, 0.2) is 47.1 Å². The van der Waals surface area contributed by atoms with Crippen LogP contribution in [0, 0.1) is 17.3 Å². The number of rotatable bonds is 5. The molecule has 1 aromatic carbocycles. The van der Waals surface area contributed by atoms with Crippen LogP contribution in [-0.2, 0) is 9.59 Å². The van der Waals surface area contributed by atoms with Crippen molar-refractivity contribution < 1.29 is 24.5 Å². The van der Waals surface area contributed by atoms with E-state index in [1.165, 1.54) is 22.3 Å². The van der Waals surface area contributed by atoms with E-state index in [2.05, 4.69) is 19.1 Å². The maximum atomic E-state index is 12.2. The second-order valence-corrected chi connectivity index (χ2v) is 10.7. The number of fused-ring (bicyclic) bond motifs is 4. The van der Waals surface area contributed by atoms with Crippen LogP contribution in [-0.4, -0.2) is 34.7 Å². The molecule has 0 radical (unpaired) electrons. The molecule has 5 nitrogen and oxygen atoms in total. The summed E-state index contributed by atoms with van der Waals surface area (Å²) in [6, 6.07) is 8.27. The molecular weight excluding hydrogens is 416 g/mol. The van der Waals surface area contributed by atoms with Crippen molar-refractivity contribution in [2.75, 3.05) is 7.11 Å². The molecule has 0 amide bonds. The highest BCUT2D eigenvalue weighted by molar-refractivity contribution is 5.93. The molecule has 176 valence electrons. The number of carboxylic acid groups (broad SMARTS) is 1. The summed E-state index contributed by atoms with van der Waals surface area (Å²) in [7, 11) is 1.67. The van der Waals surface area contributed by atoms with Crippen molar-refractivity contribution in [1.82, 2.24) is 0 Å². The highest BCUT2D eigenvalue weighted by Crippen LogP contribution is 2.67. The molecule has 5 rings (SSSR count). The first kappa shape index (κ1) is 22.4. The van der Waals surface area contributed by atoms with Gasteiger partial charge in [0, 0.05) is 24.2 Å². The number of carbonyl (C=O) groups excluding carboxylic acids is 1. The van der Waals surface area contributed by atoms with E-state index >= 15 is 0 Å². The molecule has 4 aliphatic rings. The number of ether oxygens (including phenoxy) is 1. The number of ketones is 1. The summed E-state index contributed by atoms with van der Waals surface area (Å²) < 4.78 is 5.38. The Labute approximate surface area is 195 Å². The Bertz CT molecular complexity index is 1030. The van der Waals surface area contributed by atoms with E-state index < -0.39 is 11.6 Å². The zero-order valence-corrected chi connectivity index (χ0v) is 19.6. The van der Waals surface area contributed by atoms with Crippen molar-refractivity contribution in [3.05, 3.63) is 52.6 Å². The summed E-state index contributed by atoms with van der Waals surface area (Å²) in [5.74, 6) is 1.07. The molecule has 0 heterocycles. The van der Waals surface area contributed by atoms with E-state index in [0.29, 0.717) is 31.1 Å². The Hall–Kier alpha value is -2.40. The van der Waals surface area contributed by atoms with Gasteiger partial charge in [-0.3, -0.25) is 9.59 Å². The minimum atomic E-state index is -0.963. The Kier molecular flexibility index (Phi) is 5.51. The number of allylic oxidation sites excluding steroid dienone is 4. The maximum Gasteiger partial charge on any atom is 0.303 e. The lowest BCUT2D eigenvalue weighted by Crippen LogP contribution is -2.51. The summed E-state index contributed by atoms with van der Waals surface area (Å²) in [5, 5.41) is 21.2. The van der Waals surface area contributed by atoms with Crippen molar-refractivity contribution in [3.8, 4) is 5.75 Å². The lowest BCUT2D eigenvalue weighted by molar-refractivity contribution is -0.142. The van der Waals surface area contributed by atoms with Gasteiger partial charge in [-0.25, -0.2) is 0 Å². The number of benzene rings is 1. The van der Waals surface area contributed by atoms with Gasteiger partial charge in [-0.1, -0.05) is 24.6 Å². The summed E-state index contributed by atoms with van der Waals surface area (Å²) in [6.45, 7) is 2.21. The van der Waals surface area contributed by atoms with Gasteiger partial charge in [-0.2, -0.15) is 0 Å². The van der Waals surface area contributed by atoms with Crippen LogP contribution in [0.4, 0.5) is 0 Å². The molecule has 1 aromatic rings. The van der Waals surface area contributed by atoms with Gasteiger partial charge in [-0.05, 0) is 91.7 Å².